The Bertz CT molecular complexity index is 940. The average molecular weight is 426 g/mol. The van der Waals surface area contributed by atoms with E-state index >= 15 is 0 Å². The fourth-order valence-corrected chi connectivity index (χ4v) is 4.26. The van der Waals surface area contributed by atoms with Gasteiger partial charge in [0.2, 0.25) is 5.91 Å². The van der Waals surface area contributed by atoms with E-state index in [9.17, 15) is 10.1 Å². The standard InChI is InChI=1S/C20H24N6O2.CH2O2/c1-28-18-5-4-13(9-17(18)24-19-14(10-21)3-2-7-22-19)20(27)26-8-6-16-15(12-26)11-23-25-16;2-1-3/h2-3,7,11,13,17-18H,4-6,8-9,12H2,1H3,(H,22,24)(H,23,25);1H,(H,2,3)/t13-,17+,18+;/m0./s1. The molecule has 10 heteroatoms. The molecular weight excluding hydrogens is 400 g/mol. The molecular formula is C21H26N6O4. The zero-order valence-corrected chi connectivity index (χ0v) is 17.3. The molecule has 1 aliphatic heterocycles. The highest BCUT2D eigenvalue weighted by atomic mass is 16.5. The molecule has 1 aliphatic carbocycles. The molecule has 0 bridgehead atoms. The Morgan fingerprint density at radius 3 is 3.03 bits per heavy atom. The van der Waals surface area contributed by atoms with Gasteiger partial charge in [-0.15, -0.1) is 0 Å². The van der Waals surface area contributed by atoms with Crippen molar-refractivity contribution >= 4 is 18.2 Å². The van der Waals surface area contributed by atoms with Gasteiger partial charge < -0.3 is 20.1 Å². The predicted molar refractivity (Wildman–Crippen MR) is 111 cm³/mol. The van der Waals surface area contributed by atoms with Gasteiger partial charge in [-0.3, -0.25) is 14.7 Å². The van der Waals surface area contributed by atoms with Crippen molar-refractivity contribution in [3.63, 3.8) is 0 Å². The number of anilines is 1. The van der Waals surface area contributed by atoms with Crippen LogP contribution in [0.3, 0.4) is 0 Å². The quantitative estimate of drug-likeness (QED) is 0.625. The molecule has 2 aromatic rings. The third-order valence-electron chi connectivity index (χ3n) is 5.80. The summed E-state index contributed by atoms with van der Waals surface area (Å²) in [5.74, 6) is 0.674. The molecule has 10 nitrogen and oxygen atoms in total. The molecule has 1 amide bonds. The maximum atomic E-state index is 13.2. The molecule has 31 heavy (non-hydrogen) atoms. The second-order valence-electron chi connectivity index (χ2n) is 7.54. The molecule has 3 atom stereocenters. The predicted octanol–water partition coefficient (Wildman–Crippen LogP) is 1.56. The Labute approximate surface area is 180 Å². The maximum Gasteiger partial charge on any atom is 0.290 e. The van der Waals surface area contributed by atoms with E-state index in [1.54, 1.807) is 25.4 Å². The summed E-state index contributed by atoms with van der Waals surface area (Å²) in [6.45, 7) is 1.08. The van der Waals surface area contributed by atoms with Crippen LogP contribution in [0, 0.1) is 17.2 Å². The normalized spacial score (nSPS) is 22.3. The summed E-state index contributed by atoms with van der Waals surface area (Å²) in [4.78, 5) is 27.8. The molecule has 4 rings (SSSR count). The molecule has 1 saturated carbocycles. The van der Waals surface area contributed by atoms with E-state index < -0.39 is 0 Å². The fourth-order valence-electron chi connectivity index (χ4n) is 4.26. The Balaban J connectivity index is 0.000000858. The van der Waals surface area contributed by atoms with Crippen LogP contribution in [-0.4, -0.2) is 63.4 Å². The number of nitrogens with one attached hydrogen (secondary N) is 2. The first-order chi connectivity index (χ1) is 15.1. The van der Waals surface area contributed by atoms with Crippen LogP contribution in [0.2, 0.25) is 0 Å². The number of amides is 1. The summed E-state index contributed by atoms with van der Waals surface area (Å²) in [7, 11) is 1.69. The van der Waals surface area contributed by atoms with E-state index in [0.29, 0.717) is 24.3 Å². The van der Waals surface area contributed by atoms with Crippen molar-refractivity contribution in [3.8, 4) is 6.07 Å². The van der Waals surface area contributed by atoms with Crippen molar-refractivity contribution in [2.45, 2.75) is 44.4 Å². The first-order valence-electron chi connectivity index (χ1n) is 10.1. The molecule has 1 fully saturated rings. The SMILES string of the molecule is CO[C@@H]1CC[C@H](C(=O)N2CCc3[nH]ncc3C2)C[C@H]1Nc1ncccc1C#N.O=CO. The molecule has 2 aromatic heterocycles. The van der Waals surface area contributed by atoms with Gasteiger partial charge in [-0.1, -0.05) is 0 Å². The fraction of sp³-hybridized carbons (Fsp3) is 0.476. The molecule has 0 saturated heterocycles. The number of fused-ring (bicyclic) bond motifs is 1. The zero-order chi connectivity index (χ0) is 22.2. The molecule has 0 unspecified atom stereocenters. The van der Waals surface area contributed by atoms with Gasteiger partial charge >= 0.3 is 0 Å². The largest absolute Gasteiger partial charge is 0.483 e. The summed E-state index contributed by atoms with van der Waals surface area (Å²) in [6.07, 6.45) is 6.53. The molecule has 3 N–H and O–H groups in total. The monoisotopic (exact) mass is 426 g/mol. The number of hydrogen-bond acceptors (Lipinski definition) is 7. The number of carbonyl (C=O) groups excluding carboxylic acids is 1. The summed E-state index contributed by atoms with van der Waals surface area (Å²) >= 11 is 0. The highest BCUT2D eigenvalue weighted by Crippen LogP contribution is 2.31. The molecule has 3 heterocycles. The molecule has 2 aliphatic rings. The number of carboxylic acid groups (broad SMARTS) is 1. The topological polar surface area (TPSA) is 144 Å². The number of nitrogens with zero attached hydrogens (tertiary/aromatic N) is 4. The Hall–Kier alpha value is -3.45. The van der Waals surface area contributed by atoms with Crippen LogP contribution in [0.25, 0.3) is 0 Å². The molecule has 0 aromatic carbocycles. The van der Waals surface area contributed by atoms with Crippen LogP contribution < -0.4 is 5.32 Å². The third-order valence-corrected chi connectivity index (χ3v) is 5.80. The van der Waals surface area contributed by atoms with Crippen molar-refractivity contribution in [2.75, 3.05) is 19.0 Å². The van der Waals surface area contributed by atoms with E-state index in [-0.39, 0.29) is 30.4 Å². The Morgan fingerprint density at radius 1 is 1.48 bits per heavy atom. The number of methoxy groups -OCH3 is 1. The summed E-state index contributed by atoms with van der Waals surface area (Å²) in [5, 5.41) is 26.7. The van der Waals surface area contributed by atoms with Crippen LogP contribution in [0.4, 0.5) is 5.82 Å². The lowest BCUT2D eigenvalue weighted by Gasteiger charge is -2.38. The number of nitriles is 1. The number of H-pyrrole nitrogens is 1. The van der Waals surface area contributed by atoms with E-state index in [2.05, 4.69) is 26.6 Å². The minimum Gasteiger partial charge on any atom is -0.483 e. The van der Waals surface area contributed by atoms with Crippen LogP contribution in [0.5, 0.6) is 0 Å². The summed E-state index contributed by atoms with van der Waals surface area (Å²) in [5.41, 5.74) is 2.73. The lowest BCUT2D eigenvalue weighted by atomic mass is 9.82. The van der Waals surface area contributed by atoms with Gasteiger partial charge in [-0.05, 0) is 31.4 Å². The van der Waals surface area contributed by atoms with Crippen molar-refractivity contribution in [3.05, 3.63) is 41.3 Å². The number of ether oxygens (including phenoxy) is 1. The Morgan fingerprint density at radius 2 is 2.29 bits per heavy atom. The van der Waals surface area contributed by atoms with Crippen molar-refractivity contribution in [1.82, 2.24) is 20.1 Å². The van der Waals surface area contributed by atoms with Crippen LogP contribution in [-0.2, 0) is 27.3 Å². The van der Waals surface area contributed by atoms with Gasteiger partial charge in [0.25, 0.3) is 6.47 Å². The van der Waals surface area contributed by atoms with Crippen molar-refractivity contribution in [2.24, 2.45) is 5.92 Å². The van der Waals surface area contributed by atoms with Gasteiger partial charge in [-0.25, -0.2) is 4.98 Å². The van der Waals surface area contributed by atoms with Gasteiger partial charge in [0.1, 0.15) is 11.9 Å². The molecule has 164 valence electrons. The Kier molecular flexibility index (Phi) is 7.56. The highest BCUT2D eigenvalue weighted by Gasteiger charge is 2.37. The first kappa shape index (κ1) is 22.2. The van der Waals surface area contributed by atoms with Crippen molar-refractivity contribution in [1.29, 1.82) is 5.26 Å². The second kappa shape index (κ2) is 10.5. The minimum absolute atomic E-state index is 0.0144. The number of hydrogen-bond donors (Lipinski definition) is 3. The van der Waals surface area contributed by atoms with Crippen molar-refractivity contribution < 1.29 is 19.4 Å². The summed E-state index contributed by atoms with van der Waals surface area (Å²) in [6, 6.07) is 5.57. The van der Waals surface area contributed by atoms with Gasteiger partial charge in [-0.2, -0.15) is 10.4 Å². The molecule has 0 radical (unpaired) electrons. The number of aromatic amines is 1. The third kappa shape index (κ3) is 5.19. The number of pyridine rings is 1. The smallest absolute Gasteiger partial charge is 0.290 e. The molecule has 0 spiro atoms. The van der Waals surface area contributed by atoms with Crippen LogP contribution in [0.1, 0.15) is 36.1 Å². The van der Waals surface area contributed by atoms with Gasteiger partial charge in [0.15, 0.2) is 0 Å². The highest BCUT2D eigenvalue weighted by molar-refractivity contribution is 5.79. The van der Waals surface area contributed by atoms with E-state index in [1.807, 2.05) is 11.1 Å². The number of carbonyl (C=O) groups is 2. The zero-order valence-electron chi connectivity index (χ0n) is 17.3. The summed E-state index contributed by atoms with van der Waals surface area (Å²) < 4.78 is 5.65. The minimum atomic E-state index is -0.250. The van der Waals surface area contributed by atoms with Gasteiger partial charge in [0, 0.05) is 50.0 Å². The first-order valence-corrected chi connectivity index (χ1v) is 10.1. The number of aromatic nitrogens is 3. The second-order valence-corrected chi connectivity index (χ2v) is 7.54. The average Bonchev–Trinajstić information content (AvgIpc) is 3.27. The lowest BCUT2D eigenvalue weighted by molar-refractivity contribution is -0.138. The maximum absolute atomic E-state index is 13.2. The van der Waals surface area contributed by atoms with Crippen LogP contribution in [0.15, 0.2) is 24.5 Å². The number of rotatable bonds is 4. The van der Waals surface area contributed by atoms with Crippen LogP contribution >= 0.6 is 0 Å². The van der Waals surface area contributed by atoms with E-state index in [4.69, 9.17) is 14.6 Å². The van der Waals surface area contributed by atoms with E-state index in [0.717, 1.165) is 37.1 Å². The van der Waals surface area contributed by atoms with Gasteiger partial charge in [0.05, 0.1) is 23.9 Å². The van der Waals surface area contributed by atoms with E-state index in [1.165, 1.54) is 0 Å². The lowest BCUT2D eigenvalue weighted by Crippen LogP contribution is -2.47.